The fraction of sp³-hybridized carbons (Fsp3) is 0.333. The Kier molecular flexibility index (Phi) is 3.98. The van der Waals surface area contributed by atoms with Crippen LogP contribution in [0.4, 0.5) is 4.39 Å². The Morgan fingerprint density at radius 1 is 1.29 bits per heavy atom. The summed E-state index contributed by atoms with van der Waals surface area (Å²) in [5.74, 6) is 6.26. The SMILES string of the molecule is Cc1cc(C#CCCCl)cc(C)c1F. The normalized spacial score (nSPS) is 9.43. The Balaban J connectivity index is 2.97. The third-order valence-corrected chi connectivity index (χ3v) is 2.08. The summed E-state index contributed by atoms with van der Waals surface area (Å²) in [6.07, 6.45) is 0.664. The van der Waals surface area contributed by atoms with E-state index in [1.807, 2.05) is 0 Å². The van der Waals surface area contributed by atoms with Gasteiger partial charge in [0, 0.05) is 17.9 Å². The first-order valence-corrected chi connectivity index (χ1v) is 5.00. The molecule has 0 aliphatic carbocycles. The average Bonchev–Trinajstić information content (AvgIpc) is 2.14. The summed E-state index contributed by atoms with van der Waals surface area (Å²) in [7, 11) is 0. The topological polar surface area (TPSA) is 0 Å². The van der Waals surface area contributed by atoms with Crippen molar-refractivity contribution in [2.45, 2.75) is 20.3 Å². The summed E-state index contributed by atoms with van der Waals surface area (Å²) < 4.78 is 13.2. The van der Waals surface area contributed by atoms with Crippen molar-refractivity contribution in [3.8, 4) is 11.8 Å². The lowest BCUT2D eigenvalue weighted by Crippen LogP contribution is -1.89. The zero-order valence-electron chi connectivity index (χ0n) is 8.32. The molecule has 0 spiro atoms. The Bertz CT molecular complexity index is 362. The lowest BCUT2D eigenvalue weighted by Gasteiger charge is -2.01. The van der Waals surface area contributed by atoms with Gasteiger partial charge in [-0.2, -0.15) is 0 Å². The molecule has 0 aliphatic rings. The molecule has 0 nitrogen and oxygen atoms in total. The molecule has 2 heteroatoms. The fourth-order valence-electron chi connectivity index (χ4n) is 1.23. The molecule has 0 unspecified atom stereocenters. The summed E-state index contributed by atoms with van der Waals surface area (Å²) in [6, 6.07) is 3.51. The van der Waals surface area contributed by atoms with Crippen molar-refractivity contribution >= 4 is 11.6 Å². The second kappa shape index (κ2) is 5.02. The molecule has 0 heterocycles. The van der Waals surface area contributed by atoms with E-state index in [9.17, 15) is 4.39 Å². The molecule has 0 bridgehead atoms. The monoisotopic (exact) mass is 210 g/mol. The number of hydrogen-bond acceptors (Lipinski definition) is 0. The van der Waals surface area contributed by atoms with E-state index >= 15 is 0 Å². The lowest BCUT2D eigenvalue weighted by atomic mass is 10.1. The molecule has 0 N–H and O–H groups in total. The molecule has 1 aromatic carbocycles. The highest BCUT2D eigenvalue weighted by molar-refractivity contribution is 6.18. The van der Waals surface area contributed by atoms with Gasteiger partial charge in [0.05, 0.1) is 0 Å². The van der Waals surface area contributed by atoms with E-state index in [1.54, 1.807) is 26.0 Å². The van der Waals surface area contributed by atoms with Crippen molar-refractivity contribution in [3.63, 3.8) is 0 Å². The van der Waals surface area contributed by atoms with Crippen molar-refractivity contribution in [2.24, 2.45) is 0 Å². The Morgan fingerprint density at radius 3 is 2.36 bits per heavy atom. The molecule has 0 saturated heterocycles. The van der Waals surface area contributed by atoms with Crippen LogP contribution in [-0.4, -0.2) is 5.88 Å². The van der Waals surface area contributed by atoms with E-state index in [2.05, 4.69) is 11.8 Å². The largest absolute Gasteiger partial charge is 0.206 e. The van der Waals surface area contributed by atoms with Crippen LogP contribution in [0.2, 0.25) is 0 Å². The van der Waals surface area contributed by atoms with Crippen LogP contribution in [0, 0.1) is 31.5 Å². The first kappa shape index (κ1) is 11.1. The van der Waals surface area contributed by atoms with Crippen LogP contribution < -0.4 is 0 Å². The molecule has 0 saturated carbocycles. The smallest absolute Gasteiger partial charge is 0.129 e. The van der Waals surface area contributed by atoms with E-state index in [0.29, 0.717) is 23.4 Å². The van der Waals surface area contributed by atoms with E-state index in [1.165, 1.54) is 0 Å². The highest BCUT2D eigenvalue weighted by Crippen LogP contribution is 2.13. The second-order valence-corrected chi connectivity index (χ2v) is 3.54. The maximum absolute atomic E-state index is 13.2. The minimum atomic E-state index is -0.145. The van der Waals surface area contributed by atoms with Crippen molar-refractivity contribution in [2.75, 3.05) is 5.88 Å². The molecule has 0 fully saturated rings. The molecule has 1 rings (SSSR count). The summed E-state index contributed by atoms with van der Waals surface area (Å²) in [5.41, 5.74) is 2.13. The molecule has 0 atom stereocenters. The summed E-state index contributed by atoms with van der Waals surface area (Å²) in [5, 5.41) is 0. The molecule has 14 heavy (non-hydrogen) atoms. The minimum absolute atomic E-state index is 0.145. The third kappa shape index (κ3) is 2.75. The highest BCUT2D eigenvalue weighted by Gasteiger charge is 2.01. The summed E-state index contributed by atoms with van der Waals surface area (Å²) in [4.78, 5) is 0. The summed E-state index contributed by atoms with van der Waals surface area (Å²) >= 11 is 5.49. The Hall–Kier alpha value is -1.00. The number of alkyl halides is 1. The minimum Gasteiger partial charge on any atom is -0.206 e. The first-order chi connectivity index (χ1) is 6.65. The molecule has 1 aromatic rings. The van der Waals surface area contributed by atoms with Crippen LogP contribution in [-0.2, 0) is 0 Å². The van der Waals surface area contributed by atoms with Gasteiger partial charge in [-0.25, -0.2) is 4.39 Å². The molecule has 0 aliphatic heterocycles. The molecular formula is C12H12ClF. The van der Waals surface area contributed by atoms with E-state index in [4.69, 9.17) is 11.6 Å². The van der Waals surface area contributed by atoms with Gasteiger partial charge < -0.3 is 0 Å². The quantitative estimate of drug-likeness (QED) is 0.492. The van der Waals surface area contributed by atoms with Crippen molar-refractivity contribution in [1.82, 2.24) is 0 Å². The van der Waals surface area contributed by atoms with E-state index in [-0.39, 0.29) is 5.82 Å². The average molecular weight is 211 g/mol. The van der Waals surface area contributed by atoms with Gasteiger partial charge in [0.15, 0.2) is 0 Å². The predicted octanol–water partition coefficient (Wildman–Crippen LogP) is 3.42. The number of hydrogen-bond donors (Lipinski definition) is 0. The Labute approximate surface area is 89.1 Å². The van der Waals surface area contributed by atoms with Crippen LogP contribution in [0.5, 0.6) is 0 Å². The van der Waals surface area contributed by atoms with Crippen molar-refractivity contribution in [3.05, 3.63) is 34.6 Å². The molecule has 0 amide bonds. The van der Waals surface area contributed by atoms with Crippen molar-refractivity contribution in [1.29, 1.82) is 0 Å². The van der Waals surface area contributed by atoms with Crippen molar-refractivity contribution < 1.29 is 4.39 Å². The standard InChI is InChI=1S/C12H12ClF/c1-9-7-11(5-3-4-6-13)8-10(2)12(9)14/h7-8H,4,6H2,1-2H3. The maximum Gasteiger partial charge on any atom is 0.129 e. The highest BCUT2D eigenvalue weighted by atomic mass is 35.5. The van der Waals surface area contributed by atoms with Gasteiger partial charge in [-0.3, -0.25) is 0 Å². The van der Waals surface area contributed by atoms with Crippen LogP contribution in [0.1, 0.15) is 23.1 Å². The van der Waals surface area contributed by atoms with Crippen LogP contribution in [0.3, 0.4) is 0 Å². The van der Waals surface area contributed by atoms with Gasteiger partial charge in [0.2, 0.25) is 0 Å². The lowest BCUT2D eigenvalue weighted by molar-refractivity contribution is 0.609. The van der Waals surface area contributed by atoms with Gasteiger partial charge in [-0.05, 0) is 37.1 Å². The number of halogens is 2. The second-order valence-electron chi connectivity index (χ2n) is 3.16. The fourth-order valence-corrected chi connectivity index (χ4v) is 1.32. The molecule has 0 aromatic heterocycles. The van der Waals surface area contributed by atoms with Crippen LogP contribution >= 0.6 is 11.6 Å². The van der Waals surface area contributed by atoms with Gasteiger partial charge in [-0.15, -0.1) is 11.6 Å². The van der Waals surface area contributed by atoms with E-state index in [0.717, 1.165) is 5.56 Å². The number of rotatable bonds is 1. The predicted molar refractivity (Wildman–Crippen MR) is 58.1 cm³/mol. The van der Waals surface area contributed by atoms with Crippen LogP contribution in [0.15, 0.2) is 12.1 Å². The van der Waals surface area contributed by atoms with Gasteiger partial charge in [0.25, 0.3) is 0 Å². The zero-order valence-corrected chi connectivity index (χ0v) is 9.08. The molecular weight excluding hydrogens is 199 g/mol. The van der Waals surface area contributed by atoms with Crippen LogP contribution in [0.25, 0.3) is 0 Å². The van der Waals surface area contributed by atoms with Gasteiger partial charge in [0.1, 0.15) is 5.82 Å². The maximum atomic E-state index is 13.2. The molecule has 0 radical (unpaired) electrons. The number of aryl methyl sites for hydroxylation is 2. The molecule has 74 valence electrons. The zero-order chi connectivity index (χ0) is 10.6. The summed E-state index contributed by atoms with van der Waals surface area (Å²) in [6.45, 7) is 3.49. The third-order valence-electron chi connectivity index (χ3n) is 1.89. The number of benzene rings is 1. The van der Waals surface area contributed by atoms with E-state index < -0.39 is 0 Å². The Morgan fingerprint density at radius 2 is 1.86 bits per heavy atom. The van der Waals surface area contributed by atoms with Gasteiger partial charge in [-0.1, -0.05) is 11.8 Å². The van der Waals surface area contributed by atoms with Gasteiger partial charge >= 0.3 is 0 Å². The first-order valence-electron chi connectivity index (χ1n) is 4.46.